The Kier molecular flexibility index (Phi) is 6.29. The lowest BCUT2D eigenvalue weighted by Gasteiger charge is -2.30. The van der Waals surface area contributed by atoms with Crippen molar-refractivity contribution < 1.29 is 19.1 Å². The second-order valence-corrected chi connectivity index (χ2v) is 9.60. The molecule has 2 atom stereocenters. The maximum absolute atomic E-state index is 13.3. The lowest BCUT2D eigenvalue weighted by molar-refractivity contribution is -0.135. The third-order valence-electron chi connectivity index (χ3n) is 5.76. The third kappa shape index (κ3) is 5.11. The van der Waals surface area contributed by atoms with Gasteiger partial charge in [0.15, 0.2) is 0 Å². The molecule has 2 aliphatic rings. The lowest BCUT2D eigenvalue weighted by Crippen LogP contribution is -2.48. The molecule has 0 spiro atoms. The molecule has 4 bridgehead atoms. The van der Waals surface area contributed by atoms with Crippen LogP contribution in [0.1, 0.15) is 32.9 Å². The number of likely N-dealkylation sites (tertiary alicyclic amines) is 1. The van der Waals surface area contributed by atoms with Gasteiger partial charge in [-0.15, -0.1) is 0 Å². The van der Waals surface area contributed by atoms with Gasteiger partial charge >= 0.3 is 6.09 Å². The summed E-state index contributed by atoms with van der Waals surface area (Å²) in [4.78, 5) is 38.6. The molecule has 178 valence electrons. The number of nitrogens with zero attached hydrogens (tertiary/aromatic N) is 5. The van der Waals surface area contributed by atoms with Crippen molar-refractivity contribution in [2.75, 3.05) is 32.1 Å². The summed E-state index contributed by atoms with van der Waals surface area (Å²) in [6.45, 7) is 6.87. The van der Waals surface area contributed by atoms with E-state index in [0.717, 1.165) is 17.1 Å². The maximum Gasteiger partial charge on any atom is 0.411 e. The number of ether oxygens (including phenoxy) is 2. The number of likely N-dealkylation sites (N-methyl/N-ethyl adjacent to an activating group) is 1. The van der Waals surface area contributed by atoms with Crippen LogP contribution in [0.4, 0.5) is 10.6 Å². The predicted molar refractivity (Wildman–Crippen MR) is 122 cm³/mol. The van der Waals surface area contributed by atoms with Crippen LogP contribution >= 0.6 is 0 Å². The van der Waals surface area contributed by atoms with Gasteiger partial charge in [0.05, 0.1) is 36.6 Å². The molecule has 1 saturated heterocycles. The largest absolute Gasteiger partial charge is 0.444 e. The number of carbonyl (C=O) groups is 2. The highest BCUT2D eigenvalue weighted by atomic mass is 16.6. The second kappa shape index (κ2) is 9.01. The zero-order valence-electron chi connectivity index (χ0n) is 19.9. The second-order valence-electron chi connectivity index (χ2n) is 9.60. The Labute approximate surface area is 193 Å². The van der Waals surface area contributed by atoms with Gasteiger partial charge in [0.2, 0.25) is 5.91 Å². The summed E-state index contributed by atoms with van der Waals surface area (Å²) in [5.41, 5.74) is 1.81. The van der Waals surface area contributed by atoms with Crippen LogP contribution in [-0.2, 0) is 27.9 Å². The van der Waals surface area contributed by atoms with Crippen molar-refractivity contribution >= 4 is 17.8 Å². The molecule has 2 aromatic heterocycles. The van der Waals surface area contributed by atoms with E-state index in [-0.39, 0.29) is 11.9 Å². The first kappa shape index (κ1) is 23.0. The van der Waals surface area contributed by atoms with E-state index in [2.05, 4.69) is 10.3 Å². The SMILES string of the molecule is CN1CCOCc2ncn(C)c2-c2cccc(n2)N[C@H]2C[C@@H](C1=O)N(C(=O)OC(C)(C)C)C2. The molecule has 0 saturated carbocycles. The molecule has 4 rings (SSSR count). The molecule has 10 heteroatoms. The zero-order chi connectivity index (χ0) is 23.8. The van der Waals surface area contributed by atoms with Gasteiger partial charge < -0.3 is 24.3 Å². The van der Waals surface area contributed by atoms with E-state index in [4.69, 9.17) is 14.5 Å². The number of imidazole rings is 1. The summed E-state index contributed by atoms with van der Waals surface area (Å²) in [5, 5.41) is 3.41. The highest BCUT2D eigenvalue weighted by Crippen LogP contribution is 2.27. The Bertz CT molecular complexity index is 1030. The van der Waals surface area contributed by atoms with Crippen molar-refractivity contribution in [2.24, 2.45) is 7.05 Å². The number of anilines is 1. The summed E-state index contributed by atoms with van der Waals surface area (Å²) >= 11 is 0. The van der Waals surface area contributed by atoms with Crippen LogP contribution in [0.5, 0.6) is 0 Å². The topological polar surface area (TPSA) is 102 Å². The fourth-order valence-corrected chi connectivity index (χ4v) is 4.20. The fourth-order valence-electron chi connectivity index (χ4n) is 4.20. The molecule has 10 nitrogen and oxygen atoms in total. The number of hydrogen-bond donors (Lipinski definition) is 1. The van der Waals surface area contributed by atoms with E-state index < -0.39 is 17.7 Å². The highest BCUT2D eigenvalue weighted by Gasteiger charge is 2.42. The number of hydrogen-bond acceptors (Lipinski definition) is 7. The Hall–Kier alpha value is -3.14. The summed E-state index contributed by atoms with van der Waals surface area (Å²) < 4.78 is 13.4. The average molecular weight is 457 g/mol. The molecule has 0 aromatic carbocycles. The molecule has 4 heterocycles. The summed E-state index contributed by atoms with van der Waals surface area (Å²) in [6, 6.07) is 4.99. The van der Waals surface area contributed by atoms with Crippen LogP contribution < -0.4 is 5.32 Å². The molecular weight excluding hydrogens is 424 g/mol. The van der Waals surface area contributed by atoms with Gasteiger partial charge in [-0.3, -0.25) is 9.69 Å². The van der Waals surface area contributed by atoms with Crippen LogP contribution in [0.25, 0.3) is 11.4 Å². The molecule has 1 fully saturated rings. The first-order valence-electron chi connectivity index (χ1n) is 11.2. The maximum atomic E-state index is 13.3. The number of amides is 2. The molecule has 2 aromatic rings. The van der Waals surface area contributed by atoms with Crippen LogP contribution in [0.15, 0.2) is 24.5 Å². The van der Waals surface area contributed by atoms with E-state index in [0.29, 0.717) is 38.5 Å². The zero-order valence-corrected chi connectivity index (χ0v) is 19.9. The molecule has 2 aliphatic heterocycles. The summed E-state index contributed by atoms with van der Waals surface area (Å²) in [7, 11) is 3.66. The minimum absolute atomic E-state index is 0.135. The number of nitrogens with one attached hydrogen (secondary N) is 1. The molecule has 0 radical (unpaired) electrons. The van der Waals surface area contributed by atoms with Crippen LogP contribution in [0, 0.1) is 0 Å². The Balaban J connectivity index is 1.66. The molecule has 0 aliphatic carbocycles. The minimum atomic E-state index is -0.649. The molecule has 0 unspecified atom stereocenters. The van der Waals surface area contributed by atoms with E-state index in [1.807, 2.05) is 50.6 Å². The lowest BCUT2D eigenvalue weighted by atomic mass is 10.1. The van der Waals surface area contributed by atoms with Gasteiger partial charge in [-0.2, -0.15) is 0 Å². The van der Waals surface area contributed by atoms with E-state index in [1.54, 1.807) is 18.3 Å². The standard InChI is InChI=1S/C23H32N6O4/c1-23(2,3)33-22(31)29-12-15-11-18(29)21(30)27(4)9-10-32-13-17-20(28(5)14-24-17)16-7-6-8-19(25-15)26-16/h6-8,14-15,18H,9-13H2,1-5H3,(H,25,26)/t15-,18-/m0/s1. The van der Waals surface area contributed by atoms with Crippen LogP contribution in [0.3, 0.4) is 0 Å². The Morgan fingerprint density at radius 1 is 1.27 bits per heavy atom. The van der Waals surface area contributed by atoms with Gasteiger partial charge in [0.1, 0.15) is 17.5 Å². The molecular formula is C23H32N6O4. The molecule has 2 amide bonds. The van der Waals surface area contributed by atoms with Gasteiger partial charge in [0, 0.05) is 33.2 Å². The van der Waals surface area contributed by atoms with Crippen molar-refractivity contribution in [1.82, 2.24) is 24.3 Å². The van der Waals surface area contributed by atoms with Gasteiger partial charge in [-0.1, -0.05) is 6.07 Å². The van der Waals surface area contributed by atoms with Gasteiger partial charge in [-0.25, -0.2) is 14.8 Å². The average Bonchev–Trinajstić information content (AvgIpc) is 3.32. The number of rotatable bonds is 0. The first-order valence-corrected chi connectivity index (χ1v) is 11.2. The number of aromatic nitrogens is 3. The van der Waals surface area contributed by atoms with E-state index >= 15 is 0 Å². The van der Waals surface area contributed by atoms with Crippen molar-refractivity contribution in [2.45, 2.75) is 51.5 Å². The normalized spacial score (nSPS) is 21.7. The number of pyridine rings is 1. The number of fused-ring (bicyclic) bond motifs is 6. The van der Waals surface area contributed by atoms with Gasteiger partial charge in [-0.05, 0) is 39.3 Å². The van der Waals surface area contributed by atoms with Crippen molar-refractivity contribution in [3.8, 4) is 11.4 Å². The highest BCUT2D eigenvalue weighted by molar-refractivity contribution is 5.86. The van der Waals surface area contributed by atoms with Crippen LogP contribution in [0.2, 0.25) is 0 Å². The first-order chi connectivity index (χ1) is 15.6. The van der Waals surface area contributed by atoms with Crippen LogP contribution in [-0.4, -0.2) is 80.8 Å². The number of aryl methyl sites for hydroxylation is 1. The van der Waals surface area contributed by atoms with E-state index in [1.165, 1.54) is 4.90 Å². The van der Waals surface area contributed by atoms with E-state index in [9.17, 15) is 9.59 Å². The number of carbonyl (C=O) groups excluding carboxylic acids is 2. The summed E-state index contributed by atoms with van der Waals surface area (Å²) in [6.07, 6.45) is 1.72. The molecule has 1 N–H and O–H groups in total. The smallest absolute Gasteiger partial charge is 0.411 e. The minimum Gasteiger partial charge on any atom is -0.444 e. The monoisotopic (exact) mass is 456 g/mol. The van der Waals surface area contributed by atoms with Gasteiger partial charge in [0.25, 0.3) is 0 Å². The Morgan fingerprint density at radius 3 is 2.82 bits per heavy atom. The summed E-state index contributed by atoms with van der Waals surface area (Å²) in [5.74, 6) is 0.537. The quantitative estimate of drug-likeness (QED) is 0.649. The van der Waals surface area contributed by atoms with Crippen molar-refractivity contribution in [3.63, 3.8) is 0 Å². The fraction of sp³-hybridized carbons (Fsp3) is 0.565. The Morgan fingerprint density at radius 2 is 2.06 bits per heavy atom. The van der Waals surface area contributed by atoms with Crippen molar-refractivity contribution in [3.05, 3.63) is 30.2 Å². The third-order valence-corrected chi connectivity index (χ3v) is 5.76. The predicted octanol–water partition coefficient (Wildman–Crippen LogP) is 2.26. The molecule has 33 heavy (non-hydrogen) atoms. The van der Waals surface area contributed by atoms with Crippen molar-refractivity contribution in [1.29, 1.82) is 0 Å².